The van der Waals surface area contributed by atoms with Crippen LogP contribution < -0.4 is 4.74 Å². The zero-order chi connectivity index (χ0) is 24.5. The lowest BCUT2D eigenvalue weighted by atomic mass is 9.68. The number of rotatable bonds is 9. The van der Waals surface area contributed by atoms with Crippen molar-refractivity contribution in [3.8, 4) is 11.8 Å². The molecule has 0 aliphatic heterocycles. The van der Waals surface area contributed by atoms with Gasteiger partial charge in [0.05, 0.1) is 17.2 Å². The number of hydrogen-bond acceptors (Lipinski definition) is 3. The van der Waals surface area contributed by atoms with Gasteiger partial charge in [0.1, 0.15) is 5.75 Å². The summed E-state index contributed by atoms with van der Waals surface area (Å²) < 4.78 is 5.46. The number of benzene rings is 2. The van der Waals surface area contributed by atoms with Crippen LogP contribution in [-0.2, 0) is 0 Å². The average molecular weight is 472 g/mol. The fraction of sp³-hybridized carbons (Fsp3) is 0.562. The Balaban J connectivity index is 1.20. The van der Waals surface area contributed by atoms with E-state index in [0.717, 1.165) is 17.8 Å². The highest BCUT2D eigenvalue weighted by Crippen LogP contribution is 2.44. The van der Waals surface area contributed by atoms with E-state index in [0.29, 0.717) is 22.8 Å². The topological polar surface area (TPSA) is 50.1 Å². The molecule has 2 saturated carbocycles. The molecule has 0 saturated heterocycles. The average Bonchev–Trinajstić information content (AvgIpc) is 2.92. The maximum atomic E-state index is 12.5. The quantitative estimate of drug-likeness (QED) is 0.208. The van der Waals surface area contributed by atoms with Crippen LogP contribution in [0.25, 0.3) is 0 Å². The second-order valence-electron chi connectivity index (χ2n) is 10.9. The van der Waals surface area contributed by atoms with E-state index in [9.17, 15) is 4.79 Å². The van der Waals surface area contributed by atoms with Crippen molar-refractivity contribution in [3.63, 3.8) is 0 Å². The van der Waals surface area contributed by atoms with E-state index in [4.69, 9.17) is 10.00 Å². The van der Waals surface area contributed by atoms with E-state index >= 15 is 0 Å². The van der Waals surface area contributed by atoms with Crippen molar-refractivity contribution in [2.75, 3.05) is 0 Å². The summed E-state index contributed by atoms with van der Waals surface area (Å²) >= 11 is 0. The van der Waals surface area contributed by atoms with Gasteiger partial charge in [-0.1, -0.05) is 64.0 Å². The van der Waals surface area contributed by atoms with E-state index in [-0.39, 0.29) is 5.97 Å². The molecule has 2 aromatic carbocycles. The molecule has 0 aromatic heterocycles. The first-order valence-electron chi connectivity index (χ1n) is 14.0. The SMILES string of the molecule is CCCCCC[C@H]1CC[C@H](C2CCC(c3ccc(C(=O)Oc4ccc(C#N)cc4)cc3)CC2)CC1. The molecule has 4 rings (SSSR count). The minimum Gasteiger partial charge on any atom is -0.423 e. The van der Waals surface area contributed by atoms with Crippen molar-refractivity contribution < 1.29 is 9.53 Å². The van der Waals surface area contributed by atoms with Crippen LogP contribution in [0.15, 0.2) is 48.5 Å². The van der Waals surface area contributed by atoms with Crippen LogP contribution >= 0.6 is 0 Å². The molecule has 0 radical (unpaired) electrons. The van der Waals surface area contributed by atoms with Crippen LogP contribution in [0.2, 0.25) is 0 Å². The Labute approximate surface area is 211 Å². The molecule has 2 fully saturated rings. The van der Waals surface area contributed by atoms with E-state index in [2.05, 4.69) is 25.1 Å². The second kappa shape index (κ2) is 12.9. The number of hydrogen-bond donors (Lipinski definition) is 0. The molecular formula is C32H41NO2. The Kier molecular flexibility index (Phi) is 9.41. The maximum absolute atomic E-state index is 12.5. The first kappa shape index (κ1) is 25.5. The standard InChI is InChI=1S/C32H41NO2/c1-2-3-4-5-6-24-7-11-26(12-8-24)27-13-15-28(16-14-27)29-17-19-30(20-18-29)32(34)35-31-21-9-25(23-33)10-22-31/h9-10,17-22,24,26-28H,2-8,11-16H2,1H3/t24-,26-,27?,28?. The molecule has 2 aliphatic carbocycles. The molecular weight excluding hydrogens is 430 g/mol. The van der Waals surface area contributed by atoms with Crippen LogP contribution in [0.1, 0.15) is 118 Å². The Morgan fingerprint density at radius 2 is 1.46 bits per heavy atom. The number of ether oxygens (including phenoxy) is 1. The highest BCUT2D eigenvalue weighted by Gasteiger charge is 2.31. The monoisotopic (exact) mass is 471 g/mol. The summed E-state index contributed by atoms with van der Waals surface area (Å²) in [5.74, 6) is 3.61. The lowest BCUT2D eigenvalue weighted by Crippen LogP contribution is -2.25. The van der Waals surface area contributed by atoms with Crippen LogP contribution in [-0.4, -0.2) is 5.97 Å². The molecule has 0 bridgehead atoms. The highest BCUT2D eigenvalue weighted by molar-refractivity contribution is 5.91. The Morgan fingerprint density at radius 1 is 0.829 bits per heavy atom. The summed E-state index contributed by atoms with van der Waals surface area (Å²) in [5, 5.41) is 8.89. The summed E-state index contributed by atoms with van der Waals surface area (Å²) in [6.07, 6.45) is 18.2. The molecule has 2 aromatic rings. The van der Waals surface area contributed by atoms with E-state index in [1.54, 1.807) is 24.3 Å². The second-order valence-corrected chi connectivity index (χ2v) is 10.9. The van der Waals surface area contributed by atoms with Gasteiger partial charge >= 0.3 is 5.97 Å². The smallest absolute Gasteiger partial charge is 0.343 e. The van der Waals surface area contributed by atoms with Crippen molar-refractivity contribution >= 4 is 5.97 Å². The van der Waals surface area contributed by atoms with Crippen LogP contribution in [0.3, 0.4) is 0 Å². The number of nitrogens with zero attached hydrogens (tertiary/aromatic N) is 1. The molecule has 0 N–H and O–H groups in total. The van der Waals surface area contributed by atoms with Crippen molar-refractivity contribution in [2.24, 2.45) is 17.8 Å². The predicted octanol–water partition coefficient (Wildman–Crippen LogP) is 8.83. The summed E-state index contributed by atoms with van der Waals surface area (Å²) in [7, 11) is 0. The molecule has 0 atom stereocenters. The van der Waals surface area contributed by atoms with Gasteiger partial charge in [-0.3, -0.25) is 0 Å². The summed E-state index contributed by atoms with van der Waals surface area (Å²) in [4.78, 5) is 12.5. The molecule has 35 heavy (non-hydrogen) atoms. The third-order valence-corrected chi connectivity index (χ3v) is 8.61. The van der Waals surface area contributed by atoms with Gasteiger partial charge < -0.3 is 4.74 Å². The first-order chi connectivity index (χ1) is 17.2. The van der Waals surface area contributed by atoms with E-state index in [1.807, 2.05) is 12.1 Å². The van der Waals surface area contributed by atoms with Gasteiger partial charge in [-0.2, -0.15) is 5.26 Å². The van der Waals surface area contributed by atoms with E-state index in [1.165, 1.54) is 89.0 Å². The van der Waals surface area contributed by atoms with Gasteiger partial charge in [-0.25, -0.2) is 4.79 Å². The highest BCUT2D eigenvalue weighted by atomic mass is 16.5. The summed E-state index contributed by atoms with van der Waals surface area (Å²) in [6, 6.07) is 16.7. The number of carbonyl (C=O) groups is 1. The third-order valence-electron chi connectivity index (χ3n) is 8.61. The first-order valence-corrected chi connectivity index (χ1v) is 14.0. The van der Waals surface area contributed by atoms with Crippen molar-refractivity contribution in [1.82, 2.24) is 0 Å². The van der Waals surface area contributed by atoms with Gasteiger partial charge in [-0.15, -0.1) is 0 Å². The normalized spacial score (nSPS) is 24.5. The molecule has 0 unspecified atom stereocenters. The molecule has 186 valence electrons. The van der Waals surface area contributed by atoms with Crippen molar-refractivity contribution in [1.29, 1.82) is 5.26 Å². The van der Waals surface area contributed by atoms with Crippen LogP contribution in [0.4, 0.5) is 0 Å². The van der Waals surface area contributed by atoms with E-state index < -0.39 is 0 Å². The number of carbonyl (C=O) groups excluding carboxylic acids is 1. The molecule has 3 heteroatoms. The fourth-order valence-electron chi connectivity index (χ4n) is 6.39. The van der Waals surface area contributed by atoms with Crippen LogP contribution in [0, 0.1) is 29.1 Å². The summed E-state index contributed by atoms with van der Waals surface area (Å²) in [6.45, 7) is 2.30. The molecule has 0 spiro atoms. The maximum Gasteiger partial charge on any atom is 0.343 e. The zero-order valence-electron chi connectivity index (χ0n) is 21.4. The Morgan fingerprint density at radius 3 is 2.06 bits per heavy atom. The fourth-order valence-corrected chi connectivity index (χ4v) is 6.39. The van der Waals surface area contributed by atoms with Gasteiger partial charge in [0.15, 0.2) is 0 Å². The lowest BCUT2D eigenvalue weighted by Gasteiger charge is -2.38. The largest absolute Gasteiger partial charge is 0.423 e. The molecule has 3 nitrogen and oxygen atoms in total. The van der Waals surface area contributed by atoms with Crippen molar-refractivity contribution in [3.05, 3.63) is 65.2 Å². The molecule has 0 amide bonds. The van der Waals surface area contributed by atoms with Crippen LogP contribution in [0.5, 0.6) is 5.75 Å². The number of esters is 1. The van der Waals surface area contributed by atoms with Gasteiger partial charge in [0.25, 0.3) is 0 Å². The minimum atomic E-state index is -0.356. The molecule has 2 aliphatic rings. The predicted molar refractivity (Wildman–Crippen MR) is 141 cm³/mol. The van der Waals surface area contributed by atoms with Gasteiger partial charge in [0, 0.05) is 0 Å². The van der Waals surface area contributed by atoms with Gasteiger partial charge in [0.2, 0.25) is 0 Å². The van der Waals surface area contributed by atoms with Crippen molar-refractivity contribution in [2.45, 2.75) is 96.3 Å². The Bertz CT molecular complexity index is 956. The minimum absolute atomic E-state index is 0.356. The zero-order valence-corrected chi connectivity index (χ0v) is 21.4. The number of unbranched alkanes of at least 4 members (excludes halogenated alkanes) is 3. The summed E-state index contributed by atoms with van der Waals surface area (Å²) in [5.41, 5.74) is 2.47. The number of nitriles is 1. The Hall–Kier alpha value is -2.60. The third kappa shape index (κ3) is 7.20. The van der Waals surface area contributed by atoms with Gasteiger partial charge in [-0.05, 0) is 104 Å². The lowest BCUT2D eigenvalue weighted by molar-refractivity contribution is 0.0734. The molecule has 0 heterocycles.